The van der Waals surface area contributed by atoms with Crippen LogP contribution in [0.15, 0.2) is 12.4 Å². The standard InChI is InChI=1S/C19H30N4O2/c1-19(2,3)23-14-16(12-20-23)18(25)21-10-7-15(8-11-21)13-22-9-5-4-6-17(22)24/h12,14-15H,4-11,13H2,1-3H3. The van der Waals surface area contributed by atoms with Crippen molar-refractivity contribution in [2.75, 3.05) is 26.2 Å². The van der Waals surface area contributed by atoms with Crippen molar-refractivity contribution in [2.24, 2.45) is 5.92 Å². The molecule has 0 aromatic carbocycles. The van der Waals surface area contributed by atoms with Gasteiger partial charge in [-0.2, -0.15) is 5.10 Å². The van der Waals surface area contributed by atoms with Gasteiger partial charge in [-0.25, -0.2) is 0 Å². The molecule has 1 aromatic heterocycles. The number of rotatable bonds is 3. The van der Waals surface area contributed by atoms with E-state index in [1.54, 1.807) is 6.20 Å². The Morgan fingerprint density at radius 2 is 1.92 bits per heavy atom. The van der Waals surface area contributed by atoms with Gasteiger partial charge in [-0.3, -0.25) is 14.3 Å². The van der Waals surface area contributed by atoms with E-state index >= 15 is 0 Å². The Hall–Kier alpha value is -1.85. The second-order valence-corrected chi connectivity index (χ2v) is 8.38. The van der Waals surface area contributed by atoms with Crippen LogP contribution in [0.5, 0.6) is 0 Å². The number of hydrogen-bond donors (Lipinski definition) is 0. The molecule has 0 atom stereocenters. The highest BCUT2D eigenvalue weighted by atomic mass is 16.2. The zero-order valence-corrected chi connectivity index (χ0v) is 15.7. The van der Waals surface area contributed by atoms with E-state index < -0.39 is 0 Å². The number of likely N-dealkylation sites (tertiary alicyclic amines) is 2. The van der Waals surface area contributed by atoms with E-state index in [1.165, 1.54) is 0 Å². The van der Waals surface area contributed by atoms with Gasteiger partial charge >= 0.3 is 0 Å². The van der Waals surface area contributed by atoms with E-state index in [0.717, 1.165) is 51.9 Å². The van der Waals surface area contributed by atoms with Crippen LogP contribution < -0.4 is 0 Å². The molecule has 3 heterocycles. The summed E-state index contributed by atoms with van der Waals surface area (Å²) in [4.78, 5) is 28.6. The number of carbonyl (C=O) groups is 2. The van der Waals surface area contributed by atoms with Gasteiger partial charge in [-0.15, -0.1) is 0 Å². The number of aromatic nitrogens is 2. The molecule has 6 nitrogen and oxygen atoms in total. The van der Waals surface area contributed by atoms with Gasteiger partial charge in [0.25, 0.3) is 5.91 Å². The predicted molar refractivity (Wildman–Crippen MR) is 96.3 cm³/mol. The maximum Gasteiger partial charge on any atom is 0.257 e. The Morgan fingerprint density at radius 1 is 1.20 bits per heavy atom. The molecule has 3 rings (SSSR count). The van der Waals surface area contributed by atoms with E-state index in [1.807, 2.05) is 20.7 Å². The molecule has 138 valence electrons. The molecule has 0 unspecified atom stereocenters. The smallest absolute Gasteiger partial charge is 0.257 e. The highest BCUT2D eigenvalue weighted by molar-refractivity contribution is 5.93. The zero-order valence-electron chi connectivity index (χ0n) is 15.7. The maximum atomic E-state index is 12.7. The number of hydrogen-bond acceptors (Lipinski definition) is 3. The van der Waals surface area contributed by atoms with Crippen molar-refractivity contribution in [1.29, 1.82) is 0 Å². The van der Waals surface area contributed by atoms with Crippen molar-refractivity contribution >= 4 is 11.8 Å². The third-order valence-electron chi connectivity index (χ3n) is 5.32. The Balaban J connectivity index is 1.52. The molecule has 6 heteroatoms. The summed E-state index contributed by atoms with van der Waals surface area (Å²) < 4.78 is 1.84. The average Bonchev–Trinajstić information content (AvgIpc) is 3.07. The minimum atomic E-state index is -0.119. The van der Waals surface area contributed by atoms with Crippen LogP contribution in [0.25, 0.3) is 0 Å². The highest BCUT2D eigenvalue weighted by Crippen LogP contribution is 2.22. The van der Waals surface area contributed by atoms with Crippen molar-refractivity contribution < 1.29 is 9.59 Å². The first-order chi connectivity index (χ1) is 11.8. The number of piperidine rings is 2. The van der Waals surface area contributed by atoms with E-state index in [0.29, 0.717) is 23.8 Å². The lowest BCUT2D eigenvalue weighted by molar-refractivity contribution is -0.134. The Kier molecular flexibility index (Phi) is 5.16. The first-order valence-corrected chi connectivity index (χ1v) is 9.47. The summed E-state index contributed by atoms with van der Waals surface area (Å²) in [5.74, 6) is 0.894. The van der Waals surface area contributed by atoms with Crippen molar-refractivity contribution in [3.8, 4) is 0 Å². The van der Waals surface area contributed by atoms with Crippen LogP contribution in [0, 0.1) is 5.92 Å². The molecule has 1 aromatic rings. The third kappa shape index (κ3) is 4.22. The molecule has 25 heavy (non-hydrogen) atoms. The molecule has 2 aliphatic rings. The summed E-state index contributed by atoms with van der Waals surface area (Å²) in [6, 6.07) is 0. The van der Waals surface area contributed by atoms with Gasteiger partial charge in [-0.1, -0.05) is 0 Å². The minimum absolute atomic E-state index is 0.0722. The normalized spacial score (nSPS) is 20.2. The third-order valence-corrected chi connectivity index (χ3v) is 5.32. The maximum absolute atomic E-state index is 12.7. The summed E-state index contributed by atoms with van der Waals surface area (Å²) in [6.07, 6.45) is 8.33. The molecule has 2 aliphatic heterocycles. The largest absolute Gasteiger partial charge is 0.342 e. The average molecular weight is 346 g/mol. The van der Waals surface area contributed by atoms with E-state index in [9.17, 15) is 9.59 Å². The van der Waals surface area contributed by atoms with E-state index in [-0.39, 0.29) is 11.4 Å². The van der Waals surface area contributed by atoms with Crippen LogP contribution in [-0.4, -0.2) is 57.6 Å². The quantitative estimate of drug-likeness (QED) is 0.845. The van der Waals surface area contributed by atoms with Gasteiger partial charge in [0.05, 0.1) is 17.3 Å². The Bertz CT molecular complexity index is 624. The molecule has 0 radical (unpaired) electrons. The number of carbonyl (C=O) groups excluding carboxylic acids is 2. The van der Waals surface area contributed by atoms with Crippen LogP contribution in [0.3, 0.4) is 0 Å². The van der Waals surface area contributed by atoms with Crippen molar-refractivity contribution in [1.82, 2.24) is 19.6 Å². The molecule has 0 aliphatic carbocycles. The first kappa shape index (κ1) is 18.0. The van der Waals surface area contributed by atoms with Crippen LogP contribution in [0.1, 0.15) is 63.2 Å². The Labute approximate surface area is 150 Å². The molecular formula is C19H30N4O2. The number of nitrogens with zero attached hydrogens (tertiary/aromatic N) is 4. The van der Waals surface area contributed by atoms with Gasteiger partial charge < -0.3 is 9.80 Å². The lowest BCUT2D eigenvalue weighted by atomic mass is 9.95. The molecule has 0 N–H and O–H groups in total. The SMILES string of the molecule is CC(C)(C)n1cc(C(=O)N2CCC(CN3CCCCC3=O)CC2)cn1. The predicted octanol–water partition coefficient (Wildman–Crippen LogP) is 2.50. The van der Waals surface area contributed by atoms with E-state index in [2.05, 4.69) is 25.9 Å². The molecule has 0 bridgehead atoms. The summed E-state index contributed by atoms with van der Waals surface area (Å²) in [5.41, 5.74) is 0.548. The molecule has 0 spiro atoms. The number of amides is 2. The topological polar surface area (TPSA) is 58.4 Å². The van der Waals surface area contributed by atoms with Crippen molar-refractivity contribution in [2.45, 2.75) is 58.4 Å². The highest BCUT2D eigenvalue weighted by Gasteiger charge is 2.28. The lowest BCUT2D eigenvalue weighted by Gasteiger charge is -2.36. The Morgan fingerprint density at radius 3 is 2.52 bits per heavy atom. The fourth-order valence-corrected chi connectivity index (χ4v) is 3.67. The fraction of sp³-hybridized carbons (Fsp3) is 0.737. The molecule has 2 saturated heterocycles. The monoisotopic (exact) mass is 346 g/mol. The van der Waals surface area contributed by atoms with Crippen LogP contribution >= 0.6 is 0 Å². The van der Waals surface area contributed by atoms with Crippen molar-refractivity contribution in [3.05, 3.63) is 18.0 Å². The minimum Gasteiger partial charge on any atom is -0.342 e. The second kappa shape index (κ2) is 7.18. The molecular weight excluding hydrogens is 316 g/mol. The summed E-state index contributed by atoms with van der Waals surface area (Å²) in [7, 11) is 0. The van der Waals surface area contributed by atoms with Crippen molar-refractivity contribution in [3.63, 3.8) is 0 Å². The van der Waals surface area contributed by atoms with Gasteiger partial charge in [0.1, 0.15) is 0 Å². The summed E-state index contributed by atoms with van der Waals surface area (Å²) >= 11 is 0. The summed E-state index contributed by atoms with van der Waals surface area (Å²) in [6.45, 7) is 9.52. The van der Waals surface area contributed by atoms with Crippen LogP contribution in [0.2, 0.25) is 0 Å². The first-order valence-electron chi connectivity index (χ1n) is 9.47. The molecule has 2 amide bonds. The van der Waals surface area contributed by atoms with Gasteiger partial charge in [0.15, 0.2) is 0 Å². The van der Waals surface area contributed by atoms with E-state index in [4.69, 9.17) is 0 Å². The zero-order chi connectivity index (χ0) is 18.0. The lowest BCUT2D eigenvalue weighted by Crippen LogP contribution is -2.44. The summed E-state index contributed by atoms with van der Waals surface area (Å²) in [5, 5.41) is 4.33. The molecule has 2 fully saturated rings. The fourth-order valence-electron chi connectivity index (χ4n) is 3.67. The van der Waals surface area contributed by atoms with Gasteiger partial charge in [0, 0.05) is 38.8 Å². The van der Waals surface area contributed by atoms with Gasteiger partial charge in [0.2, 0.25) is 5.91 Å². The van der Waals surface area contributed by atoms with Crippen LogP contribution in [-0.2, 0) is 10.3 Å². The van der Waals surface area contributed by atoms with Gasteiger partial charge in [-0.05, 0) is 52.4 Å². The molecule has 0 saturated carbocycles. The van der Waals surface area contributed by atoms with Crippen LogP contribution in [0.4, 0.5) is 0 Å². The second-order valence-electron chi connectivity index (χ2n) is 8.38.